The lowest BCUT2D eigenvalue weighted by Crippen LogP contribution is -2.36. The fourth-order valence-electron chi connectivity index (χ4n) is 3.18. The van der Waals surface area contributed by atoms with Gasteiger partial charge in [0.25, 0.3) is 5.91 Å². The summed E-state index contributed by atoms with van der Waals surface area (Å²) in [6.45, 7) is 0. The Balaban J connectivity index is 1.67. The van der Waals surface area contributed by atoms with Gasteiger partial charge >= 0.3 is 6.18 Å². The number of hydrogen-bond donors (Lipinski definition) is 2. The number of hydrogen-bond acceptors (Lipinski definition) is 4. The van der Waals surface area contributed by atoms with Crippen LogP contribution >= 0.6 is 23.2 Å². The van der Waals surface area contributed by atoms with E-state index in [1.165, 1.54) is 24.5 Å². The van der Waals surface area contributed by atoms with Crippen molar-refractivity contribution in [2.75, 3.05) is 10.6 Å². The Hall–Kier alpha value is -2.65. The molecule has 0 aliphatic carbocycles. The molecule has 4 rings (SSSR count). The largest absolute Gasteiger partial charge is 0.467 e. The minimum atomic E-state index is -4.55. The summed E-state index contributed by atoms with van der Waals surface area (Å²) < 4.78 is 46.9. The third kappa shape index (κ3) is 3.79. The molecule has 0 saturated heterocycles. The zero-order valence-electron chi connectivity index (χ0n) is 14.5. The maximum Gasteiger partial charge on any atom is 0.410 e. The Labute approximate surface area is 172 Å². The van der Waals surface area contributed by atoms with Gasteiger partial charge in [0, 0.05) is 12.1 Å². The van der Waals surface area contributed by atoms with Gasteiger partial charge in [0.2, 0.25) is 0 Å². The van der Waals surface area contributed by atoms with E-state index in [9.17, 15) is 18.0 Å². The van der Waals surface area contributed by atoms with Crippen LogP contribution in [0.3, 0.4) is 0 Å². The highest BCUT2D eigenvalue weighted by Crippen LogP contribution is 2.44. The highest BCUT2D eigenvalue weighted by Gasteiger charge is 2.47. The van der Waals surface area contributed by atoms with E-state index < -0.39 is 24.2 Å². The van der Waals surface area contributed by atoms with E-state index in [-0.39, 0.29) is 22.8 Å². The number of alkyl halides is 3. The van der Waals surface area contributed by atoms with E-state index in [4.69, 9.17) is 27.6 Å². The molecule has 2 N–H and O–H groups in total. The SMILES string of the molecule is O=C(Nc1ccc(Cl)c(Cl)c1)c1cnn2c1N[C@@H](c1ccco1)C[C@H]2C(F)(F)F. The third-order valence-electron chi connectivity index (χ3n) is 4.55. The number of nitrogens with one attached hydrogen (secondary N) is 2. The number of furan rings is 1. The van der Waals surface area contributed by atoms with Crippen molar-refractivity contribution in [2.45, 2.75) is 24.7 Å². The van der Waals surface area contributed by atoms with Crippen LogP contribution in [-0.4, -0.2) is 21.9 Å². The molecule has 0 spiro atoms. The molecule has 0 unspecified atom stereocenters. The van der Waals surface area contributed by atoms with Crippen LogP contribution in [0.15, 0.2) is 47.2 Å². The Morgan fingerprint density at radius 2 is 2.07 bits per heavy atom. The predicted octanol–water partition coefficient (Wildman–Crippen LogP) is 5.70. The van der Waals surface area contributed by atoms with E-state index in [0.29, 0.717) is 16.5 Å². The molecule has 2 aromatic heterocycles. The smallest absolute Gasteiger partial charge is 0.410 e. The second-order valence-corrected chi connectivity index (χ2v) is 7.25. The quantitative estimate of drug-likeness (QED) is 0.543. The third-order valence-corrected chi connectivity index (χ3v) is 5.29. The molecule has 3 heterocycles. The molecule has 152 valence electrons. The number of carbonyl (C=O) groups is 1. The van der Waals surface area contributed by atoms with E-state index >= 15 is 0 Å². The zero-order chi connectivity index (χ0) is 20.8. The van der Waals surface area contributed by atoms with Gasteiger partial charge < -0.3 is 15.1 Å². The van der Waals surface area contributed by atoms with Crippen LogP contribution in [-0.2, 0) is 0 Å². The first-order chi connectivity index (χ1) is 13.7. The summed E-state index contributed by atoms with van der Waals surface area (Å²) >= 11 is 11.8. The maximum absolute atomic E-state index is 13.6. The van der Waals surface area contributed by atoms with Crippen LogP contribution in [0.4, 0.5) is 24.7 Å². The molecule has 0 saturated carbocycles. The first-order valence-electron chi connectivity index (χ1n) is 8.44. The molecule has 0 bridgehead atoms. The minimum Gasteiger partial charge on any atom is -0.467 e. The van der Waals surface area contributed by atoms with Crippen molar-refractivity contribution >= 4 is 40.6 Å². The summed E-state index contributed by atoms with van der Waals surface area (Å²) in [6, 6.07) is 4.96. The van der Waals surface area contributed by atoms with Crippen LogP contribution < -0.4 is 10.6 Å². The van der Waals surface area contributed by atoms with Crippen LogP contribution in [0.25, 0.3) is 0 Å². The van der Waals surface area contributed by atoms with Gasteiger partial charge in [0.05, 0.1) is 28.5 Å². The Bertz CT molecular complexity index is 1050. The second-order valence-electron chi connectivity index (χ2n) is 6.44. The number of rotatable bonds is 3. The average molecular weight is 445 g/mol. The summed E-state index contributed by atoms with van der Waals surface area (Å²) in [6.07, 6.45) is -2.40. The van der Waals surface area contributed by atoms with Crippen molar-refractivity contribution in [1.29, 1.82) is 0 Å². The number of nitrogens with zero attached hydrogens (tertiary/aromatic N) is 2. The van der Waals surface area contributed by atoms with Crippen molar-refractivity contribution in [2.24, 2.45) is 0 Å². The van der Waals surface area contributed by atoms with Gasteiger partial charge in [-0.15, -0.1) is 0 Å². The van der Waals surface area contributed by atoms with Gasteiger partial charge in [-0.2, -0.15) is 18.3 Å². The normalized spacial score (nSPS) is 18.8. The first-order valence-corrected chi connectivity index (χ1v) is 9.20. The highest BCUT2D eigenvalue weighted by molar-refractivity contribution is 6.42. The predicted molar refractivity (Wildman–Crippen MR) is 101 cm³/mol. The summed E-state index contributed by atoms with van der Waals surface area (Å²) in [5.41, 5.74) is 0.302. The van der Waals surface area contributed by atoms with Crippen molar-refractivity contribution < 1.29 is 22.4 Å². The molecule has 6 nitrogen and oxygen atoms in total. The molecule has 1 aliphatic rings. The van der Waals surface area contributed by atoms with Crippen LogP contribution in [0.5, 0.6) is 0 Å². The molecular weight excluding hydrogens is 432 g/mol. The number of halogens is 5. The Morgan fingerprint density at radius 1 is 1.28 bits per heavy atom. The number of benzene rings is 1. The Morgan fingerprint density at radius 3 is 2.72 bits per heavy atom. The Kier molecular flexibility index (Phi) is 4.95. The molecule has 1 amide bonds. The number of anilines is 2. The van der Waals surface area contributed by atoms with Gasteiger partial charge in [-0.1, -0.05) is 23.2 Å². The summed E-state index contributed by atoms with van der Waals surface area (Å²) in [4.78, 5) is 12.7. The van der Waals surface area contributed by atoms with Crippen LogP contribution in [0, 0.1) is 0 Å². The minimum absolute atomic E-state index is 0.0402. The van der Waals surface area contributed by atoms with Gasteiger partial charge in [0.1, 0.15) is 17.1 Å². The van der Waals surface area contributed by atoms with Crippen LogP contribution in [0.2, 0.25) is 10.0 Å². The molecular formula is C18H13Cl2F3N4O2. The highest BCUT2D eigenvalue weighted by atomic mass is 35.5. The topological polar surface area (TPSA) is 72.1 Å². The standard InChI is InChI=1S/C18H13Cl2F3N4O2/c19-11-4-3-9(6-12(11)20)25-17(28)10-8-24-27-15(18(21,22)23)7-13(26-16(10)27)14-2-1-5-29-14/h1-6,8,13,15,26H,7H2,(H,25,28)/t13-,15+/m1/s1. The molecule has 1 aliphatic heterocycles. The van der Waals surface area contributed by atoms with Gasteiger partial charge in [0.15, 0.2) is 6.04 Å². The van der Waals surface area contributed by atoms with E-state index in [0.717, 1.165) is 10.9 Å². The second kappa shape index (κ2) is 7.31. The number of carbonyl (C=O) groups excluding carboxylic acids is 1. The van der Waals surface area contributed by atoms with Crippen molar-refractivity contribution in [3.05, 3.63) is 64.2 Å². The number of aromatic nitrogens is 2. The van der Waals surface area contributed by atoms with Gasteiger partial charge in [-0.3, -0.25) is 4.79 Å². The summed E-state index contributed by atoms with van der Waals surface area (Å²) in [5, 5.41) is 9.87. The lowest BCUT2D eigenvalue weighted by Gasteiger charge is -2.32. The lowest BCUT2D eigenvalue weighted by atomic mass is 10.0. The summed E-state index contributed by atoms with van der Waals surface area (Å²) in [5.74, 6) is -0.349. The van der Waals surface area contributed by atoms with Crippen molar-refractivity contribution in [3.8, 4) is 0 Å². The molecule has 29 heavy (non-hydrogen) atoms. The fourth-order valence-corrected chi connectivity index (χ4v) is 3.48. The first kappa shape index (κ1) is 19.7. The van der Waals surface area contributed by atoms with E-state index in [2.05, 4.69) is 15.7 Å². The lowest BCUT2D eigenvalue weighted by molar-refractivity contribution is -0.174. The van der Waals surface area contributed by atoms with Crippen molar-refractivity contribution in [3.63, 3.8) is 0 Å². The number of fused-ring (bicyclic) bond motifs is 1. The fraction of sp³-hybridized carbons (Fsp3) is 0.222. The molecule has 0 radical (unpaired) electrons. The maximum atomic E-state index is 13.6. The molecule has 2 atom stereocenters. The number of amides is 1. The van der Waals surface area contributed by atoms with Crippen LogP contribution in [0.1, 0.15) is 34.6 Å². The van der Waals surface area contributed by atoms with E-state index in [1.807, 2.05) is 0 Å². The molecule has 1 aromatic carbocycles. The molecule has 0 fully saturated rings. The zero-order valence-corrected chi connectivity index (χ0v) is 16.0. The van der Waals surface area contributed by atoms with Gasteiger partial charge in [-0.25, -0.2) is 4.68 Å². The monoisotopic (exact) mass is 444 g/mol. The van der Waals surface area contributed by atoms with Gasteiger partial charge in [-0.05, 0) is 30.3 Å². The average Bonchev–Trinajstić information content (AvgIpc) is 3.32. The summed E-state index contributed by atoms with van der Waals surface area (Å²) in [7, 11) is 0. The van der Waals surface area contributed by atoms with E-state index in [1.54, 1.807) is 12.1 Å². The molecule has 11 heteroatoms. The van der Waals surface area contributed by atoms with Crippen molar-refractivity contribution in [1.82, 2.24) is 9.78 Å². The molecule has 3 aromatic rings.